The molecule has 0 saturated carbocycles. The molecular weight excluding hydrogens is 320 g/mol. The average molecular weight is 342 g/mol. The van der Waals surface area contributed by atoms with E-state index >= 15 is 0 Å². The molecule has 132 valence electrons. The van der Waals surface area contributed by atoms with Gasteiger partial charge in [0.25, 0.3) is 5.91 Å². The number of anilines is 2. The Hall–Kier alpha value is -2.96. The van der Waals surface area contributed by atoms with E-state index in [9.17, 15) is 9.59 Å². The van der Waals surface area contributed by atoms with E-state index in [1.54, 1.807) is 37.3 Å². The van der Waals surface area contributed by atoms with Gasteiger partial charge in [0.2, 0.25) is 0 Å². The van der Waals surface area contributed by atoms with E-state index in [4.69, 9.17) is 0 Å². The number of aromatic nitrogens is 2. The summed E-state index contributed by atoms with van der Waals surface area (Å²) in [5.74, 6) is 0.214. The molecule has 0 radical (unpaired) electrons. The van der Waals surface area contributed by atoms with Crippen LogP contribution in [0.3, 0.4) is 0 Å². The van der Waals surface area contributed by atoms with Gasteiger partial charge in [0.15, 0.2) is 0 Å². The Bertz CT molecular complexity index is 797. The summed E-state index contributed by atoms with van der Waals surface area (Å²) in [6, 6.07) is 8.11. The van der Waals surface area contributed by atoms with E-state index in [0.717, 1.165) is 0 Å². The third-order valence-corrected chi connectivity index (χ3v) is 3.12. The lowest BCUT2D eigenvalue weighted by Gasteiger charge is -2.21. The van der Waals surface area contributed by atoms with Crippen LogP contribution >= 0.6 is 0 Å². The van der Waals surface area contributed by atoms with E-state index in [1.807, 2.05) is 20.8 Å². The van der Waals surface area contributed by atoms with Crippen LogP contribution in [0.25, 0.3) is 0 Å². The molecule has 0 aliphatic carbocycles. The maximum Gasteiger partial charge on any atom is 0.337 e. The van der Waals surface area contributed by atoms with Crippen LogP contribution in [0.1, 0.15) is 47.4 Å². The number of methoxy groups -OCH3 is 1. The van der Waals surface area contributed by atoms with Gasteiger partial charge in [0.05, 0.1) is 12.7 Å². The summed E-state index contributed by atoms with van der Waals surface area (Å²) in [6.45, 7) is 7.73. The van der Waals surface area contributed by atoms with E-state index < -0.39 is 5.97 Å². The molecule has 0 aliphatic rings. The molecule has 1 heterocycles. The number of aryl methyl sites for hydroxylation is 1. The lowest BCUT2D eigenvalue weighted by molar-refractivity contribution is 0.0600. The fourth-order valence-corrected chi connectivity index (χ4v) is 2.17. The predicted octanol–water partition coefficient (Wildman–Crippen LogP) is 3.03. The minimum atomic E-state index is -0.467. The lowest BCUT2D eigenvalue weighted by atomic mass is 10.1. The van der Waals surface area contributed by atoms with E-state index in [2.05, 4.69) is 25.3 Å². The van der Waals surface area contributed by atoms with Crippen LogP contribution in [0.15, 0.2) is 30.3 Å². The van der Waals surface area contributed by atoms with Crippen molar-refractivity contribution in [2.75, 3.05) is 17.7 Å². The van der Waals surface area contributed by atoms with Crippen molar-refractivity contribution >= 4 is 23.4 Å². The van der Waals surface area contributed by atoms with Crippen LogP contribution in [-0.4, -0.2) is 34.5 Å². The van der Waals surface area contributed by atoms with Gasteiger partial charge in [-0.2, -0.15) is 0 Å². The molecule has 7 heteroatoms. The highest BCUT2D eigenvalue weighted by atomic mass is 16.5. The smallest absolute Gasteiger partial charge is 0.337 e. The summed E-state index contributed by atoms with van der Waals surface area (Å²) in [7, 11) is 1.31. The number of hydrogen-bond donors (Lipinski definition) is 2. The summed E-state index contributed by atoms with van der Waals surface area (Å²) < 4.78 is 4.68. The molecule has 1 aromatic heterocycles. The first kappa shape index (κ1) is 18.4. The molecule has 0 aliphatic heterocycles. The van der Waals surface area contributed by atoms with Crippen molar-refractivity contribution in [1.82, 2.24) is 9.97 Å². The van der Waals surface area contributed by atoms with Gasteiger partial charge in [-0.3, -0.25) is 4.79 Å². The molecule has 2 rings (SSSR count). The van der Waals surface area contributed by atoms with Crippen molar-refractivity contribution in [2.24, 2.45) is 0 Å². The van der Waals surface area contributed by atoms with Crippen molar-refractivity contribution in [3.8, 4) is 0 Å². The highest BCUT2D eigenvalue weighted by Gasteiger charge is 2.15. The van der Waals surface area contributed by atoms with Crippen LogP contribution in [-0.2, 0) is 4.74 Å². The molecule has 2 aromatic rings. The second kappa shape index (κ2) is 7.29. The van der Waals surface area contributed by atoms with Crippen LogP contribution in [0.2, 0.25) is 0 Å². The van der Waals surface area contributed by atoms with Crippen molar-refractivity contribution in [2.45, 2.75) is 33.2 Å². The highest BCUT2D eigenvalue weighted by molar-refractivity contribution is 6.04. The number of ether oxygens (including phenoxy) is 1. The highest BCUT2D eigenvalue weighted by Crippen LogP contribution is 2.16. The van der Waals surface area contributed by atoms with Crippen LogP contribution in [0, 0.1) is 6.92 Å². The molecule has 0 atom stereocenters. The number of rotatable bonds is 4. The monoisotopic (exact) mass is 342 g/mol. The van der Waals surface area contributed by atoms with Crippen molar-refractivity contribution in [3.05, 3.63) is 47.4 Å². The molecule has 2 N–H and O–H groups in total. The maximum absolute atomic E-state index is 12.5. The van der Waals surface area contributed by atoms with Gasteiger partial charge >= 0.3 is 5.97 Å². The normalized spacial score (nSPS) is 10.9. The van der Waals surface area contributed by atoms with Gasteiger partial charge in [-0.05, 0) is 45.9 Å². The van der Waals surface area contributed by atoms with Crippen molar-refractivity contribution in [3.63, 3.8) is 0 Å². The first-order chi connectivity index (χ1) is 11.7. The van der Waals surface area contributed by atoms with Gasteiger partial charge in [-0.25, -0.2) is 14.8 Å². The standard InChI is InChI=1S/C18H22N4O3/c1-11-19-14(10-15(20-11)22-18(2,3)4)16(23)21-13-8-6-7-12(9-13)17(24)25-5/h6-10H,1-5H3,(H,21,23)(H,19,20,22). The lowest BCUT2D eigenvalue weighted by Crippen LogP contribution is -2.27. The summed E-state index contributed by atoms with van der Waals surface area (Å²) in [5, 5.41) is 5.95. The summed E-state index contributed by atoms with van der Waals surface area (Å²) >= 11 is 0. The zero-order valence-corrected chi connectivity index (χ0v) is 15.0. The zero-order chi connectivity index (χ0) is 18.6. The Labute approximate surface area is 146 Å². The van der Waals surface area contributed by atoms with Gasteiger partial charge in [0.1, 0.15) is 17.3 Å². The number of nitrogens with zero attached hydrogens (tertiary/aromatic N) is 2. The number of carbonyl (C=O) groups excluding carboxylic acids is 2. The van der Waals surface area contributed by atoms with E-state index in [1.165, 1.54) is 7.11 Å². The van der Waals surface area contributed by atoms with Crippen LogP contribution < -0.4 is 10.6 Å². The molecule has 25 heavy (non-hydrogen) atoms. The summed E-state index contributed by atoms with van der Waals surface area (Å²) in [5.41, 5.74) is 0.884. The fraction of sp³-hybridized carbons (Fsp3) is 0.333. The summed E-state index contributed by atoms with van der Waals surface area (Å²) in [6.07, 6.45) is 0. The largest absolute Gasteiger partial charge is 0.465 e. The molecule has 0 fully saturated rings. The minimum absolute atomic E-state index is 0.191. The number of nitrogens with one attached hydrogen (secondary N) is 2. The minimum Gasteiger partial charge on any atom is -0.465 e. The second-order valence-electron chi connectivity index (χ2n) is 6.59. The number of hydrogen-bond acceptors (Lipinski definition) is 6. The topological polar surface area (TPSA) is 93.2 Å². The Morgan fingerprint density at radius 3 is 2.48 bits per heavy atom. The quantitative estimate of drug-likeness (QED) is 0.830. The average Bonchev–Trinajstić information content (AvgIpc) is 2.52. The fourth-order valence-electron chi connectivity index (χ4n) is 2.17. The molecule has 0 spiro atoms. The molecular formula is C18H22N4O3. The number of carbonyl (C=O) groups is 2. The van der Waals surface area contributed by atoms with Gasteiger partial charge in [-0.15, -0.1) is 0 Å². The summed E-state index contributed by atoms with van der Waals surface area (Å²) in [4.78, 5) is 32.5. The Balaban J connectivity index is 2.22. The molecule has 7 nitrogen and oxygen atoms in total. The van der Waals surface area contributed by atoms with Crippen molar-refractivity contribution < 1.29 is 14.3 Å². The SMILES string of the molecule is COC(=O)c1cccc(NC(=O)c2cc(NC(C)(C)C)nc(C)n2)c1. The molecule has 1 amide bonds. The maximum atomic E-state index is 12.5. The Kier molecular flexibility index (Phi) is 5.36. The first-order valence-corrected chi connectivity index (χ1v) is 7.81. The zero-order valence-electron chi connectivity index (χ0n) is 15.0. The third kappa shape index (κ3) is 5.27. The molecule has 0 bridgehead atoms. The van der Waals surface area contributed by atoms with Crippen LogP contribution in [0.4, 0.5) is 11.5 Å². The Morgan fingerprint density at radius 1 is 1.12 bits per heavy atom. The van der Waals surface area contributed by atoms with E-state index in [0.29, 0.717) is 22.9 Å². The predicted molar refractivity (Wildman–Crippen MR) is 95.9 cm³/mol. The van der Waals surface area contributed by atoms with E-state index in [-0.39, 0.29) is 17.1 Å². The third-order valence-electron chi connectivity index (χ3n) is 3.12. The number of esters is 1. The van der Waals surface area contributed by atoms with Gasteiger partial charge in [0, 0.05) is 17.3 Å². The molecule has 0 unspecified atom stereocenters. The molecule has 1 aromatic carbocycles. The number of amides is 1. The Morgan fingerprint density at radius 2 is 1.84 bits per heavy atom. The number of benzene rings is 1. The van der Waals surface area contributed by atoms with Gasteiger partial charge < -0.3 is 15.4 Å². The first-order valence-electron chi connectivity index (χ1n) is 7.81. The van der Waals surface area contributed by atoms with Crippen molar-refractivity contribution in [1.29, 1.82) is 0 Å². The van der Waals surface area contributed by atoms with Crippen LogP contribution in [0.5, 0.6) is 0 Å². The van der Waals surface area contributed by atoms with Gasteiger partial charge in [-0.1, -0.05) is 6.07 Å². The second-order valence-corrected chi connectivity index (χ2v) is 6.59. The molecule has 0 saturated heterocycles.